The molecule has 1 nitrogen and oxygen atoms in total. The van der Waals surface area contributed by atoms with Gasteiger partial charge in [0.2, 0.25) is 0 Å². The average Bonchev–Trinajstić information content (AvgIpc) is 1.63. The van der Waals surface area contributed by atoms with Crippen molar-refractivity contribution in [2.45, 2.75) is 26.8 Å². The summed E-state index contributed by atoms with van der Waals surface area (Å²) in [5, 5.41) is 3.15. The number of rotatable bonds is 3. The smallest absolute Gasteiger partial charge is 0.0436 e. The molecule has 1 atom stereocenters. The Kier molecular flexibility index (Phi) is 3.07. The quantitative estimate of drug-likeness (QED) is 0.569. The summed E-state index contributed by atoms with van der Waals surface area (Å²) < 4.78 is 0. The van der Waals surface area contributed by atoms with Crippen LogP contribution >= 0.6 is 0 Å². The summed E-state index contributed by atoms with van der Waals surface area (Å²) in [5.41, 5.74) is 2.13. The molecular weight excluding hydrogens is 110 g/mol. The van der Waals surface area contributed by atoms with Crippen molar-refractivity contribution in [1.29, 1.82) is 0 Å². The highest BCUT2D eigenvalue weighted by Gasteiger charge is 1.97. The zero-order chi connectivity index (χ0) is 7.44. The van der Waals surface area contributed by atoms with E-state index >= 15 is 0 Å². The Hall–Kier alpha value is -0.720. The minimum Gasteiger partial charge on any atom is -0.383 e. The van der Waals surface area contributed by atoms with Gasteiger partial charge in [0, 0.05) is 11.7 Å². The van der Waals surface area contributed by atoms with Crippen molar-refractivity contribution in [3.8, 4) is 0 Å². The summed E-state index contributed by atoms with van der Waals surface area (Å²) in [4.78, 5) is 0. The Morgan fingerprint density at radius 3 is 1.89 bits per heavy atom. The van der Waals surface area contributed by atoms with Gasteiger partial charge in [0.25, 0.3) is 0 Å². The molecule has 0 fully saturated rings. The van der Waals surface area contributed by atoms with Crippen LogP contribution in [0.5, 0.6) is 0 Å². The zero-order valence-corrected chi connectivity index (χ0v) is 6.49. The molecule has 0 unspecified atom stereocenters. The molecule has 52 valence electrons. The number of hydrogen-bond donors (Lipinski definition) is 1. The molecule has 0 spiro atoms. The summed E-state index contributed by atoms with van der Waals surface area (Å²) >= 11 is 0. The van der Waals surface area contributed by atoms with Gasteiger partial charge in [0.1, 0.15) is 0 Å². The van der Waals surface area contributed by atoms with Crippen LogP contribution in [0, 0.1) is 0 Å². The fraction of sp³-hybridized carbons (Fsp3) is 0.500. The number of nitrogens with one attached hydrogen (secondary N) is 1. The molecular formula is C8H15N. The van der Waals surface area contributed by atoms with Gasteiger partial charge < -0.3 is 5.32 Å². The van der Waals surface area contributed by atoms with Crippen molar-refractivity contribution in [3.05, 3.63) is 24.4 Å². The van der Waals surface area contributed by atoms with E-state index in [4.69, 9.17) is 0 Å². The molecule has 0 amide bonds. The van der Waals surface area contributed by atoms with Gasteiger partial charge in [-0.3, -0.25) is 0 Å². The lowest BCUT2D eigenvalue weighted by molar-refractivity contribution is 0.697. The molecule has 0 saturated heterocycles. The third kappa shape index (κ3) is 3.83. The summed E-state index contributed by atoms with van der Waals surface area (Å²) in [5.74, 6) is 0. The van der Waals surface area contributed by atoms with Crippen molar-refractivity contribution >= 4 is 0 Å². The van der Waals surface area contributed by atoms with E-state index in [2.05, 4.69) is 25.4 Å². The second-order valence-corrected chi connectivity index (χ2v) is 2.49. The maximum absolute atomic E-state index is 3.80. The molecule has 1 N–H and O–H groups in total. The third-order valence-electron chi connectivity index (χ3n) is 1.20. The van der Waals surface area contributed by atoms with Gasteiger partial charge >= 0.3 is 0 Å². The van der Waals surface area contributed by atoms with Crippen LogP contribution in [0.25, 0.3) is 0 Å². The highest BCUT2D eigenvalue weighted by molar-refractivity contribution is 5.03. The topological polar surface area (TPSA) is 12.0 Å². The van der Waals surface area contributed by atoms with Gasteiger partial charge in [-0.25, -0.2) is 0 Å². The van der Waals surface area contributed by atoms with E-state index < -0.39 is 0 Å². The summed E-state index contributed by atoms with van der Waals surface area (Å²) in [6.45, 7) is 13.5. The number of allylic oxidation sites excluding steroid dienone is 1. The lowest BCUT2D eigenvalue weighted by Gasteiger charge is -2.13. The summed E-state index contributed by atoms with van der Waals surface area (Å²) in [6.07, 6.45) is 0. The zero-order valence-electron chi connectivity index (χ0n) is 6.49. The highest BCUT2D eigenvalue weighted by atomic mass is 14.9. The maximum atomic E-state index is 3.80. The summed E-state index contributed by atoms with van der Waals surface area (Å²) in [6, 6.07) is 0.350. The van der Waals surface area contributed by atoms with Crippen molar-refractivity contribution in [2.75, 3.05) is 0 Å². The first-order valence-corrected chi connectivity index (χ1v) is 3.11. The second kappa shape index (κ2) is 3.33. The molecule has 1 heteroatoms. The predicted octanol–water partition coefficient (Wildman–Crippen LogP) is 2.07. The second-order valence-electron chi connectivity index (χ2n) is 2.49. The van der Waals surface area contributed by atoms with Gasteiger partial charge in [-0.15, -0.1) is 0 Å². The van der Waals surface area contributed by atoms with Crippen LogP contribution in [0.1, 0.15) is 20.8 Å². The standard InChI is InChI=1S/C8H15N/c1-6(2)8(5)9-7(3)4/h8-9H,1,3H2,2,4-5H3/t8-/m1/s1. The fourth-order valence-corrected chi connectivity index (χ4v) is 0.493. The van der Waals surface area contributed by atoms with Crippen LogP contribution in [0.4, 0.5) is 0 Å². The molecule has 0 aromatic heterocycles. The van der Waals surface area contributed by atoms with E-state index in [0.29, 0.717) is 6.04 Å². The first kappa shape index (κ1) is 8.28. The van der Waals surface area contributed by atoms with Crippen molar-refractivity contribution < 1.29 is 0 Å². The molecule has 0 aromatic carbocycles. The van der Waals surface area contributed by atoms with E-state index in [1.54, 1.807) is 0 Å². The Morgan fingerprint density at radius 1 is 1.33 bits per heavy atom. The van der Waals surface area contributed by atoms with E-state index in [1.807, 2.05) is 13.8 Å². The Labute approximate surface area is 57.5 Å². The monoisotopic (exact) mass is 125 g/mol. The van der Waals surface area contributed by atoms with Crippen molar-refractivity contribution in [2.24, 2.45) is 0 Å². The minimum absolute atomic E-state index is 0.350. The van der Waals surface area contributed by atoms with E-state index in [1.165, 1.54) is 0 Å². The van der Waals surface area contributed by atoms with Gasteiger partial charge in [0.05, 0.1) is 0 Å². The van der Waals surface area contributed by atoms with Crippen LogP contribution in [0.2, 0.25) is 0 Å². The molecule has 0 rings (SSSR count). The minimum atomic E-state index is 0.350. The van der Waals surface area contributed by atoms with Crippen LogP contribution in [-0.2, 0) is 0 Å². The molecule has 0 aromatic rings. The van der Waals surface area contributed by atoms with Crippen LogP contribution in [0.15, 0.2) is 24.4 Å². The van der Waals surface area contributed by atoms with E-state index in [0.717, 1.165) is 11.3 Å². The van der Waals surface area contributed by atoms with Gasteiger partial charge in [-0.05, 0) is 20.8 Å². The molecule has 9 heavy (non-hydrogen) atoms. The highest BCUT2D eigenvalue weighted by Crippen LogP contribution is 1.97. The SMILES string of the molecule is C=C(C)N[C@H](C)C(=C)C. The molecule has 0 radical (unpaired) electrons. The van der Waals surface area contributed by atoms with Crippen LogP contribution in [0.3, 0.4) is 0 Å². The molecule has 0 aliphatic carbocycles. The lowest BCUT2D eigenvalue weighted by Crippen LogP contribution is -2.23. The molecule has 0 heterocycles. The predicted molar refractivity (Wildman–Crippen MR) is 42.2 cm³/mol. The fourth-order valence-electron chi connectivity index (χ4n) is 0.493. The first-order valence-electron chi connectivity index (χ1n) is 3.11. The Morgan fingerprint density at radius 2 is 1.78 bits per heavy atom. The Bertz CT molecular complexity index is 125. The van der Waals surface area contributed by atoms with Crippen molar-refractivity contribution in [3.63, 3.8) is 0 Å². The molecule has 0 bridgehead atoms. The largest absolute Gasteiger partial charge is 0.383 e. The number of hydrogen-bond acceptors (Lipinski definition) is 1. The van der Waals surface area contributed by atoms with Gasteiger partial charge in [0.15, 0.2) is 0 Å². The van der Waals surface area contributed by atoms with E-state index in [-0.39, 0.29) is 0 Å². The van der Waals surface area contributed by atoms with Crippen molar-refractivity contribution in [1.82, 2.24) is 5.32 Å². The van der Waals surface area contributed by atoms with Gasteiger partial charge in [-0.1, -0.05) is 18.7 Å². The van der Waals surface area contributed by atoms with E-state index in [9.17, 15) is 0 Å². The third-order valence-corrected chi connectivity index (χ3v) is 1.20. The molecule has 0 aliphatic heterocycles. The first-order chi connectivity index (χ1) is 4.04. The van der Waals surface area contributed by atoms with Crippen LogP contribution in [-0.4, -0.2) is 6.04 Å². The normalized spacial score (nSPS) is 12.3. The Balaban J connectivity index is 3.63. The average molecular weight is 125 g/mol. The lowest BCUT2D eigenvalue weighted by atomic mass is 10.2. The van der Waals surface area contributed by atoms with Gasteiger partial charge in [-0.2, -0.15) is 0 Å². The summed E-state index contributed by atoms with van der Waals surface area (Å²) in [7, 11) is 0. The van der Waals surface area contributed by atoms with Crippen LogP contribution < -0.4 is 5.32 Å². The molecule has 0 aliphatic rings. The molecule has 0 saturated carbocycles. The maximum Gasteiger partial charge on any atom is 0.0436 e.